The second-order valence-electron chi connectivity index (χ2n) is 7.48. The topological polar surface area (TPSA) is 86.9 Å². The van der Waals surface area contributed by atoms with Crippen molar-refractivity contribution in [2.45, 2.75) is 12.5 Å². The minimum atomic E-state index is -0.863. The lowest BCUT2D eigenvalue weighted by Crippen LogP contribution is -2.50. The summed E-state index contributed by atoms with van der Waals surface area (Å²) in [6.07, 6.45) is 3.13. The zero-order valence-electron chi connectivity index (χ0n) is 18.2. The smallest absolute Gasteiger partial charge is 0.277 e. The maximum absolute atomic E-state index is 13.3. The Kier molecular flexibility index (Phi) is 7.20. The number of hydrogen-bond donors (Lipinski definition) is 2. The van der Waals surface area contributed by atoms with Crippen molar-refractivity contribution >= 4 is 53.2 Å². The van der Waals surface area contributed by atoms with Gasteiger partial charge in [0.15, 0.2) is 5.11 Å². The number of benzene rings is 2. The van der Waals surface area contributed by atoms with Crippen LogP contribution in [-0.2, 0) is 16.0 Å². The number of carbonyl (C=O) groups excluding carboxylic acids is 2. The lowest BCUT2D eigenvalue weighted by Gasteiger charge is -2.25. The number of halogens is 1. The molecule has 2 aromatic carbocycles. The molecule has 1 unspecified atom stereocenters. The van der Waals surface area contributed by atoms with Crippen molar-refractivity contribution in [3.05, 3.63) is 88.8 Å². The van der Waals surface area contributed by atoms with Crippen LogP contribution in [0.25, 0.3) is 17.4 Å². The van der Waals surface area contributed by atoms with Gasteiger partial charge in [0.25, 0.3) is 5.91 Å². The van der Waals surface area contributed by atoms with E-state index < -0.39 is 17.9 Å². The highest BCUT2D eigenvalue weighted by Gasteiger charge is 2.39. The van der Waals surface area contributed by atoms with Gasteiger partial charge in [-0.25, -0.2) is 0 Å². The molecule has 9 heteroatoms. The molecule has 3 aromatic rings. The predicted molar refractivity (Wildman–Crippen MR) is 136 cm³/mol. The summed E-state index contributed by atoms with van der Waals surface area (Å²) in [6.45, 7) is 0. The number of furan rings is 1. The third-order valence-corrected chi connectivity index (χ3v) is 5.69. The van der Waals surface area contributed by atoms with E-state index in [4.69, 9.17) is 28.2 Å². The predicted octanol–water partition coefficient (Wildman–Crippen LogP) is 4.04. The molecule has 0 saturated carbocycles. The molecule has 0 radical (unpaired) electrons. The Morgan fingerprint density at radius 2 is 2.00 bits per heavy atom. The average molecular weight is 493 g/mol. The zero-order chi connectivity index (χ0) is 24.1. The lowest BCUT2D eigenvalue weighted by molar-refractivity contribution is -0.131. The molecule has 0 bridgehead atoms. The summed E-state index contributed by atoms with van der Waals surface area (Å²) in [5.41, 5.74) is 1.92. The number of amides is 2. The summed E-state index contributed by atoms with van der Waals surface area (Å²) in [5.74, 6) is 0.252. The first-order chi connectivity index (χ1) is 16.5. The van der Waals surface area contributed by atoms with Crippen molar-refractivity contribution < 1.29 is 14.0 Å². The average Bonchev–Trinajstić information content (AvgIpc) is 3.41. The van der Waals surface area contributed by atoms with Gasteiger partial charge in [0.2, 0.25) is 5.91 Å². The molecule has 4 rings (SSSR count). The maximum Gasteiger partial charge on any atom is 0.277 e. The summed E-state index contributed by atoms with van der Waals surface area (Å²) in [6, 6.07) is 19.4. The molecule has 1 atom stereocenters. The van der Waals surface area contributed by atoms with E-state index in [1.165, 1.54) is 11.2 Å². The zero-order valence-corrected chi connectivity index (χ0v) is 19.8. The molecule has 172 valence electrons. The van der Waals surface area contributed by atoms with Crippen molar-refractivity contribution in [3.63, 3.8) is 0 Å². The molecule has 0 spiro atoms. The fourth-order valence-electron chi connectivity index (χ4n) is 3.56. The number of carbonyl (C=O) groups is 2. The molecular weight excluding hydrogens is 472 g/mol. The normalized spacial score (nSPS) is 15.7. The second-order valence-corrected chi connectivity index (χ2v) is 8.30. The van der Waals surface area contributed by atoms with Gasteiger partial charge in [0.1, 0.15) is 23.3 Å². The van der Waals surface area contributed by atoms with E-state index in [1.807, 2.05) is 42.5 Å². The van der Waals surface area contributed by atoms with Gasteiger partial charge in [-0.1, -0.05) is 54.1 Å². The highest BCUT2D eigenvalue weighted by Crippen LogP contribution is 2.27. The van der Waals surface area contributed by atoms with Crippen LogP contribution in [0.1, 0.15) is 11.3 Å². The van der Waals surface area contributed by atoms with Gasteiger partial charge in [-0.15, -0.1) is 0 Å². The van der Waals surface area contributed by atoms with Crippen LogP contribution in [0.4, 0.5) is 0 Å². The van der Waals surface area contributed by atoms with Crippen LogP contribution in [-0.4, -0.2) is 41.3 Å². The molecule has 0 aliphatic carbocycles. The van der Waals surface area contributed by atoms with Crippen molar-refractivity contribution in [2.24, 2.45) is 4.99 Å². The number of nitrogens with zero attached hydrogens (tertiary/aromatic N) is 2. The largest absolute Gasteiger partial charge is 0.457 e. The van der Waals surface area contributed by atoms with Gasteiger partial charge in [-0.2, -0.15) is 0 Å². The molecule has 1 fully saturated rings. The van der Waals surface area contributed by atoms with E-state index in [0.717, 1.165) is 11.1 Å². The molecule has 2 N–H and O–H groups in total. The van der Waals surface area contributed by atoms with Gasteiger partial charge in [-0.3, -0.25) is 19.5 Å². The first kappa shape index (κ1) is 23.4. The number of aliphatic imine (C=N–C) groups is 1. The van der Waals surface area contributed by atoms with Crippen LogP contribution in [0.15, 0.2) is 81.8 Å². The molecule has 1 aliphatic rings. The Morgan fingerprint density at radius 3 is 2.74 bits per heavy atom. The van der Waals surface area contributed by atoms with Gasteiger partial charge in [0.05, 0.1) is 6.34 Å². The number of nitrogens with one attached hydrogen (secondary N) is 2. The third-order valence-electron chi connectivity index (χ3n) is 5.15. The highest BCUT2D eigenvalue weighted by atomic mass is 35.5. The van der Waals surface area contributed by atoms with Gasteiger partial charge < -0.3 is 15.1 Å². The maximum atomic E-state index is 13.3. The summed E-state index contributed by atoms with van der Waals surface area (Å²) in [4.78, 5) is 31.3. The Bertz CT molecular complexity index is 1290. The molecule has 1 aromatic heterocycles. The Labute approximate surface area is 207 Å². The number of rotatable bonds is 7. The molecule has 2 amide bonds. The van der Waals surface area contributed by atoms with Crippen LogP contribution in [0.5, 0.6) is 0 Å². The summed E-state index contributed by atoms with van der Waals surface area (Å²) < 4.78 is 5.88. The summed E-state index contributed by atoms with van der Waals surface area (Å²) >= 11 is 11.5. The molecule has 34 heavy (non-hydrogen) atoms. The highest BCUT2D eigenvalue weighted by molar-refractivity contribution is 7.80. The molecular formula is C25H21ClN4O3S. The fourth-order valence-corrected chi connectivity index (χ4v) is 4.07. The van der Waals surface area contributed by atoms with Crippen LogP contribution in [0.3, 0.4) is 0 Å². The monoisotopic (exact) mass is 492 g/mol. The number of hydrogen-bond acceptors (Lipinski definition) is 5. The quantitative estimate of drug-likeness (QED) is 0.225. The standard InChI is InChI=1S/C25H21ClN4O3S/c1-27-15-28-23(31)21(12-16-6-3-2-4-7-16)30-24(32)20(29-25(30)34)14-19-10-11-22(33-19)17-8-5-9-18(26)13-17/h2-11,13-15,21H,12H2,1H3,(H,29,34)(H,27,28,31)/b20-14+. The summed E-state index contributed by atoms with van der Waals surface area (Å²) in [7, 11) is 1.54. The SMILES string of the molecule is CN=CNC(=O)C(Cc1ccccc1)N1C(=O)/C(=C\c2ccc(-c3cccc(Cl)c3)o2)NC1=S. The number of thiocarbonyl (C=S) groups is 1. The van der Waals surface area contributed by atoms with Gasteiger partial charge >= 0.3 is 0 Å². The second kappa shape index (κ2) is 10.5. The molecule has 1 aliphatic heterocycles. The van der Waals surface area contributed by atoms with Crippen molar-refractivity contribution in [1.82, 2.24) is 15.5 Å². The Hall–Kier alpha value is -3.75. The minimum Gasteiger partial charge on any atom is -0.457 e. The molecule has 7 nitrogen and oxygen atoms in total. The third kappa shape index (κ3) is 5.24. The van der Waals surface area contributed by atoms with E-state index in [-0.39, 0.29) is 17.2 Å². The van der Waals surface area contributed by atoms with E-state index in [1.54, 1.807) is 37.4 Å². The van der Waals surface area contributed by atoms with Crippen LogP contribution in [0.2, 0.25) is 5.02 Å². The fraction of sp³-hybridized carbons (Fsp3) is 0.120. The van der Waals surface area contributed by atoms with E-state index in [9.17, 15) is 9.59 Å². The van der Waals surface area contributed by atoms with E-state index in [0.29, 0.717) is 16.5 Å². The first-order valence-electron chi connectivity index (χ1n) is 10.4. The van der Waals surface area contributed by atoms with Crippen molar-refractivity contribution in [2.75, 3.05) is 7.05 Å². The van der Waals surface area contributed by atoms with Gasteiger partial charge in [0, 0.05) is 30.1 Å². The summed E-state index contributed by atoms with van der Waals surface area (Å²) in [5, 5.41) is 6.25. The van der Waals surface area contributed by atoms with Gasteiger partial charge in [-0.05, 0) is 42.0 Å². The Balaban J connectivity index is 1.59. The van der Waals surface area contributed by atoms with E-state index in [2.05, 4.69) is 15.6 Å². The van der Waals surface area contributed by atoms with Crippen LogP contribution in [0, 0.1) is 0 Å². The van der Waals surface area contributed by atoms with Crippen molar-refractivity contribution in [3.8, 4) is 11.3 Å². The lowest BCUT2D eigenvalue weighted by atomic mass is 10.0. The Morgan fingerprint density at radius 1 is 1.21 bits per heavy atom. The van der Waals surface area contributed by atoms with Crippen molar-refractivity contribution in [1.29, 1.82) is 0 Å². The molecule has 1 saturated heterocycles. The van der Waals surface area contributed by atoms with E-state index >= 15 is 0 Å². The van der Waals surface area contributed by atoms with Crippen LogP contribution >= 0.6 is 23.8 Å². The van der Waals surface area contributed by atoms with Crippen LogP contribution < -0.4 is 10.6 Å². The molecule has 2 heterocycles. The minimum absolute atomic E-state index is 0.141. The first-order valence-corrected chi connectivity index (χ1v) is 11.2.